The van der Waals surface area contributed by atoms with E-state index >= 15 is 0 Å². The van der Waals surface area contributed by atoms with Gasteiger partial charge < -0.3 is 15.3 Å². The lowest BCUT2D eigenvalue weighted by Gasteiger charge is -2.00. The van der Waals surface area contributed by atoms with Crippen molar-refractivity contribution in [3.8, 4) is 5.75 Å². The first-order chi connectivity index (χ1) is 14.2. The highest BCUT2D eigenvalue weighted by Crippen LogP contribution is 2.16. The van der Waals surface area contributed by atoms with Gasteiger partial charge in [0.15, 0.2) is 0 Å². The second-order valence-corrected chi connectivity index (χ2v) is 7.32. The summed E-state index contributed by atoms with van der Waals surface area (Å²) in [5, 5.41) is 26.5. The number of carbonyl (C=O) groups excluding carboxylic acids is 1. The van der Waals surface area contributed by atoms with E-state index in [1.165, 1.54) is 22.3 Å². The van der Waals surface area contributed by atoms with Crippen LogP contribution in [-0.2, 0) is 13.2 Å². The van der Waals surface area contributed by atoms with E-state index < -0.39 is 0 Å². The monoisotopic (exact) mass is 408 g/mol. The van der Waals surface area contributed by atoms with Crippen molar-refractivity contribution in [2.24, 2.45) is 0 Å². The molecule has 30 heavy (non-hydrogen) atoms. The van der Waals surface area contributed by atoms with E-state index in [0.717, 1.165) is 28.5 Å². The zero-order chi connectivity index (χ0) is 22.7. The number of rotatable bonds is 3. The van der Waals surface area contributed by atoms with Crippen LogP contribution in [0.1, 0.15) is 49.3 Å². The van der Waals surface area contributed by atoms with E-state index in [1.54, 1.807) is 18.2 Å². The minimum atomic E-state index is -0.0200. The predicted octanol–water partition coefficient (Wildman–Crippen LogP) is 5.10. The number of aliphatic hydroxyl groups excluding tert-OH is 2. The summed E-state index contributed by atoms with van der Waals surface area (Å²) in [5.41, 5.74) is 8.23. The van der Waals surface area contributed by atoms with Crippen LogP contribution in [0.3, 0.4) is 0 Å². The maximum Gasteiger partial charge on any atom is 0.150 e. The molecule has 0 amide bonds. The Morgan fingerprint density at radius 2 is 1.10 bits per heavy atom. The third kappa shape index (κ3) is 8.19. The van der Waals surface area contributed by atoms with E-state index in [9.17, 15) is 4.79 Å². The number of phenols is 1. The molecular weight excluding hydrogens is 376 g/mol. The molecule has 0 radical (unpaired) electrons. The quantitative estimate of drug-likeness (QED) is 0.527. The standard InChI is InChI=1S/C9H12O.C9H10O.C8H10O2/c2*1-7-3-4-9(6-10)5-8(7)2;1-6-2-3-7(5-9)4-8(6)10/h3-5,10H,6H2,1-2H3;3-6H,1-2H3;2-4,9-10H,5H2,1H3. The Labute approximate surface area is 179 Å². The third-order valence-electron chi connectivity index (χ3n) is 4.88. The summed E-state index contributed by atoms with van der Waals surface area (Å²) in [6.07, 6.45) is 0.867. The number of hydrogen-bond donors (Lipinski definition) is 3. The Bertz CT molecular complexity index is 910. The van der Waals surface area contributed by atoms with Gasteiger partial charge in [-0.25, -0.2) is 0 Å². The molecule has 0 fully saturated rings. The average Bonchev–Trinajstić information content (AvgIpc) is 2.75. The first-order valence-corrected chi connectivity index (χ1v) is 9.80. The van der Waals surface area contributed by atoms with Crippen LogP contribution in [0.5, 0.6) is 5.75 Å². The summed E-state index contributed by atoms with van der Waals surface area (Å²) in [7, 11) is 0. The Hall–Kier alpha value is -2.95. The van der Waals surface area contributed by atoms with Gasteiger partial charge in [0.1, 0.15) is 12.0 Å². The molecule has 3 aromatic carbocycles. The summed E-state index contributed by atoms with van der Waals surface area (Å²) < 4.78 is 0. The van der Waals surface area contributed by atoms with Gasteiger partial charge in [0.05, 0.1) is 13.2 Å². The molecule has 0 bridgehead atoms. The molecule has 0 aromatic heterocycles. The van der Waals surface area contributed by atoms with Crippen LogP contribution in [0, 0.1) is 34.6 Å². The van der Waals surface area contributed by atoms with Crippen LogP contribution in [-0.4, -0.2) is 21.6 Å². The van der Waals surface area contributed by atoms with Gasteiger partial charge in [-0.1, -0.05) is 42.5 Å². The number of benzene rings is 3. The third-order valence-corrected chi connectivity index (χ3v) is 4.88. The molecule has 0 saturated heterocycles. The topological polar surface area (TPSA) is 77.8 Å². The van der Waals surface area contributed by atoms with E-state index in [-0.39, 0.29) is 19.0 Å². The number of aldehydes is 1. The van der Waals surface area contributed by atoms with Crippen LogP contribution in [0.2, 0.25) is 0 Å². The Morgan fingerprint density at radius 1 is 0.633 bits per heavy atom. The molecular formula is C26H32O4. The highest BCUT2D eigenvalue weighted by Gasteiger charge is 1.95. The summed E-state index contributed by atoms with van der Waals surface area (Å²) in [6, 6.07) is 16.8. The van der Waals surface area contributed by atoms with Crippen LogP contribution in [0.15, 0.2) is 54.6 Å². The summed E-state index contributed by atoms with van der Waals surface area (Å²) in [5.74, 6) is 0.242. The minimum Gasteiger partial charge on any atom is -0.508 e. The van der Waals surface area contributed by atoms with Gasteiger partial charge in [0, 0.05) is 5.56 Å². The fourth-order valence-electron chi connectivity index (χ4n) is 2.49. The molecule has 0 aliphatic rings. The van der Waals surface area contributed by atoms with E-state index in [0.29, 0.717) is 0 Å². The molecule has 4 heteroatoms. The number of hydrogen-bond acceptors (Lipinski definition) is 4. The maximum atomic E-state index is 10.3. The smallest absolute Gasteiger partial charge is 0.150 e. The fourth-order valence-corrected chi connectivity index (χ4v) is 2.49. The van der Waals surface area contributed by atoms with Crippen molar-refractivity contribution in [1.82, 2.24) is 0 Å². The maximum absolute atomic E-state index is 10.3. The Kier molecular flexibility index (Phi) is 10.5. The van der Waals surface area contributed by atoms with Crippen LogP contribution < -0.4 is 0 Å². The second-order valence-electron chi connectivity index (χ2n) is 7.32. The van der Waals surface area contributed by atoms with Gasteiger partial charge in [0.2, 0.25) is 0 Å². The van der Waals surface area contributed by atoms with Crippen molar-refractivity contribution in [3.05, 3.63) is 99.1 Å². The largest absolute Gasteiger partial charge is 0.508 e. The summed E-state index contributed by atoms with van der Waals surface area (Å²) in [6.45, 7) is 10.1. The SMILES string of the molecule is Cc1ccc(C=O)cc1C.Cc1ccc(CO)cc1C.Cc1ccc(CO)cc1O. The highest BCUT2D eigenvalue weighted by atomic mass is 16.3. The lowest BCUT2D eigenvalue weighted by molar-refractivity contribution is 0.112. The first kappa shape index (κ1) is 25.1. The summed E-state index contributed by atoms with van der Waals surface area (Å²) in [4.78, 5) is 10.3. The first-order valence-electron chi connectivity index (χ1n) is 9.80. The number of aliphatic hydroxyl groups is 2. The van der Waals surface area contributed by atoms with Crippen molar-refractivity contribution in [2.45, 2.75) is 47.8 Å². The molecule has 0 spiro atoms. The number of carbonyl (C=O) groups is 1. The fraction of sp³-hybridized carbons (Fsp3) is 0.269. The van der Waals surface area contributed by atoms with Crippen molar-refractivity contribution < 1.29 is 20.1 Å². The van der Waals surface area contributed by atoms with E-state index in [2.05, 4.69) is 13.8 Å². The molecule has 3 N–H and O–H groups in total. The number of phenolic OH excluding ortho intramolecular Hbond substituents is 1. The lowest BCUT2D eigenvalue weighted by Crippen LogP contribution is -1.86. The number of aryl methyl sites for hydroxylation is 5. The average molecular weight is 409 g/mol. The Balaban J connectivity index is 0.000000225. The van der Waals surface area contributed by atoms with Crippen molar-refractivity contribution >= 4 is 6.29 Å². The molecule has 3 rings (SSSR count). The van der Waals surface area contributed by atoms with Gasteiger partial charge >= 0.3 is 0 Å². The van der Waals surface area contributed by atoms with Crippen molar-refractivity contribution in [3.63, 3.8) is 0 Å². The normalized spacial score (nSPS) is 9.70. The van der Waals surface area contributed by atoms with Crippen molar-refractivity contribution in [2.75, 3.05) is 0 Å². The van der Waals surface area contributed by atoms with Gasteiger partial charge in [-0.3, -0.25) is 4.79 Å². The van der Waals surface area contributed by atoms with Crippen LogP contribution in [0.4, 0.5) is 0 Å². The van der Waals surface area contributed by atoms with Gasteiger partial charge in [-0.15, -0.1) is 0 Å². The molecule has 0 aliphatic carbocycles. The van der Waals surface area contributed by atoms with Gasteiger partial charge in [-0.05, 0) is 85.7 Å². The highest BCUT2D eigenvalue weighted by molar-refractivity contribution is 5.75. The molecule has 0 aliphatic heterocycles. The molecule has 4 nitrogen and oxygen atoms in total. The van der Waals surface area contributed by atoms with Crippen LogP contribution >= 0.6 is 0 Å². The predicted molar refractivity (Wildman–Crippen MR) is 122 cm³/mol. The van der Waals surface area contributed by atoms with Gasteiger partial charge in [-0.2, -0.15) is 0 Å². The van der Waals surface area contributed by atoms with Crippen molar-refractivity contribution in [1.29, 1.82) is 0 Å². The minimum absolute atomic E-state index is 0.0200. The molecule has 0 unspecified atom stereocenters. The molecule has 0 saturated carbocycles. The summed E-state index contributed by atoms with van der Waals surface area (Å²) >= 11 is 0. The molecule has 160 valence electrons. The zero-order valence-corrected chi connectivity index (χ0v) is 18.4. The van der Waals surface area contributed by atoms with E-state index in [4.69, 9.17) is 15.3 Å². The Morgan fingerprint density at radius 3 is 1.53 bits per heavy atom. The van der Waals surface area contributed by atoms with Gasteiger partial charge in [0.25, 0.3) is 0 Å². The molecule has 0 atom stereocenters. The van der Waals surface area contributed by atoms with E-state index in [1.807, 2.05) is 57.2 Å². The molecule has 3 aromatic rings. The lowest BCUT2D eigenvalue weighted by atomic mass is 10.1. The van der Waals surface area contributed by atoms with Crippen LogP contribution in [0.25, 0.3) is 0 Å². The zero-order valence-electron chi connectivity index (χ0n) is 18.4. The number of aromatic hydroxyl groups is 1. The molecule has 0 heterocycles. The second kappa shape index (κ2) is 12.6.